The summed E-state index contributed by atoms with van der Waals surface area (Å²) in [5, 5.41) is 0. The van der Waals surface area contributed by atoms with E-state index in [4.69, 9.17) is 9.31 Å². The van der Waals surface area contributed by atoms with Crippen molar-refractivity contribution < 1.29 is 9.31 Å². The second-order valence-electron chi connectivity index (χ2n) is 5.46. The van der Waals surface area contributed by atoms with Crippen LogP contribution in [-0.2, 0) is 9.31 Å². The summed E-state index contributed by atoms with van der Waals surface area (Å²) in [6.45, 7) is 8.02. The number of H-pyrrole nitrogens is 1. The predicted octanol–water partition coefficient (Wildman–Crippen LogP) is 2.02. The number of hydrogen-bond donors (Lipinski definition) is 1. The summed E-state index contributed by atoms with van der Waals surface area (Å²) >= 11 is 0. The highest BCUT2D eigenvalue weighted by molar-refractivity contribution is 6.52. The molecule has 0 aromatic carbocycles. The molecular formula is C13H18BNO3. The van der Waals surface area contributed by atoms with E-state index in [2.05, 4.69) is 4.98 Å². The van der Waals surface area contributed by atoms with Gasteiger partial charge in [0, 0.05) is 24.0 Å². The zero-order valence-electron chi connectivity index (χ0n) is 11.2. The van der Waals surface area contributed by atoms with Crippen LogP contribution in [0, 0.1) is 0 Å². The minimum absolute atomic E-state index is 0.0256. The Morgan fingerprint density at radius 2 is 1.83 bits per heavy atom. The summed E-state index contributed by atoms with van der Waals surface area (Å²) in [7, 11) is -0.390. The molecule has 4 nitrogen and oxygen atoms in total. The number of hydrogen-bond acceptors (Lipinski definition) is 3. The fourth-order valence-corrected chi connectivity index (χ4v) is 1.71. The quantitative estimate of drug-likeness (QED) is 0.813. The van der Waals surface area contributed by atoms with Crippen molar-refractivity contribution in [3.05, 3.63) is 40.2 Å². The van der Waals surface area contributed by atoms with E-state index in [1.807, 2.05) is 33.7 Å². The van der Waals surface area contributed by atoms with Crippen LogP contribution < -0.4 is 5.43 Å². The lowest BCUT2D eigenvalue weighted by molar-refractivity contribution is 0.00578. The molecule has 1 aromatic rings. The summed E-state index contributed by atoms with van der Waals surface area (Å²) in [5.74, 6) is 1.81. The second-order valence-corrected chi connectivity index (χ2v) is 5.46. The molecule has 0 amide bonds. The van der Waals surface area contributed by atoms with Gasteiger partial charge in [0.05, 0.1) is 11.2 Å². The highest BCUT2D eigenvalue weighted by Gasteiger charge is 2.49. The maximum absolute atomic E-state index is 11.2. The number of rotatable bonds is 2. The van der Waals surface area contributed by atoms with E-state index in [1.54, 1.807) is 12.3 Å². The molecule has 0 radical (unpaired) electrons. The van der Waals surface area contributed by atoms with Gasteiger partial charge in [0.2, 0.25) is 0 Å². The van der Waals surface area contributed by atoms with Crippen molar-refractivity contribution in [3.63, 3.8) is 0 Å². The maximum atomic E-state index is 11.2. The average Bonchev–Trinajstić information content (AvgIpc) is 2.45. The molecule has 0 spiro atoms. The summed E-state index contributed by atoms with van der Waals surface area (Å²) < 4.78 is 11.6. The van der Waals surface area contributed by atoms with E-state index in [0.717, 1.165) is 5.69 Å². The standard InChI is InChI=1S/C13H18BNO3/c1-12(2)13(3,4)18-14(17-12)7-5-10-9-11(16)6-8-15-10/h5-9H,1-4H3,(H,15,16)/b7-5+. The van der Waals surface area contributed by atoms with Gasteiger partial charge in [0.25, 0.3) is 0 Å². The van der Waals surface area contributed by atoms with Crippen LogP contribution in [0.15, 0.2) is 29.1 Å². The second kappa shape index (κ2) is 4.41. The zero-order valence-corrected chi connectivity index (χ0v) is 11.2. The summed E-state index contributed by atoms with van der Waals surface area (Å²) in [4.78, 5) is 14.2. The van der Waals surface area contributed by atoms with Gasteiger partial charge in [0.15, 0.2) is 5.43 Å². The van der Waals surface area contributed by atoms with Crippen LogP contribution >= 0.6 is 0 Å². The largest absolute Gasteiger partial charge is 0.487 e. The molecule has 1 aliphatic heterocycles. The van der Waals surface area contributed by atoms with Crippen molar-refractivity contribution in [3.8, 4) is 0 Å². The Balaban J connectivity index is 2.11. The first-order chi connectivity index (χ1) is 8.30. The highest BCUT2D eigenvalue weighted by Crippen LogP contribution is 2.36. The maximum Gasteiger partial charge on any atom is 0.487 e. The molecule has 0 bridgehead atoms. The Hall–Kier alpha value is -1.33. The minimum Gasteiger partial charge on any atom is -0.400 e. The van der Waals surface area contributed by atoms with Gasteiger partial charge in [-0.25, -0.2) is 0 Å². The Bertz CT molecular complexity index is 503. The van der Waals surface area contributed by atoms with E-state index in [1.165, 1.54) is 12.1 Å². The topological polar surface area (TPSA) is 51.3 Å². The van der Waals surface area contributed by atoms with Crippen molar-refractivity contribution in [2.75, 3.05) is 0 Å². The van der Waals surface area contributed by atoms with Crippen LogP contribution in [-0.4, -0.2) is 23.3 Å². The van der Waals surface area contributed by atoms with Gasteiger partial charge < -0.3 is 14.3 Å². The number of pyridine rings is 1. The van der Waals surface area contributed by atoms with Crippen LogP contribution in [0.5, 0.6) is 0 Å². The smallest absolute Gasteiger partial charge is 0.400 e. The molecular weight excluding hydrogens is 229 g/mol. The molecule has 0 saturated carbocycles. The third-order valence-corrected chi connectivity index (χ3v) is 3.50. The molecule has 1 fully saturated rings. The van der Waals surface area contributed by atoms with Crippen LogP contribution in [0.4, 0.5) is 0 Å². The van der Waals surface area contributed by atoms with Gasteiger partial charge >= 0.3 is 7.12 Å². The normalized spacial score (nSPS) is 21.7. The molecule has 5 heteroatoms. The molecule has 1 aliphatic rings. The molecule has 1 saturated heterocycles. The predicted molar refractivity (Wildman–Crippen MR) is 72.2 cm³/mol. The van der Waals surface area contributed by atoms with Crippen molar-refractivity contribution in [1.82, 2.24) is 4.98 Å². The van der Waals surface area contributed by atoms with E-state index in [0.29, 0.717) is 0 Å². The zero-order chi connectivity index (χ0) is 13.4. The molecule has 2 heterocycles. The van der Waals surface area contributed by atoms with E-state index >= 15 is 0 Å². The third-order valence-electron chi connectivity index (χ3n) is 3.50. The lowest BCUT2D eigenvalue weighted by Gasteiger charge is -2.32. The van der Waals surface area contributed by atoms with Crippen molar-refractivity contribution in [1.29, 1.82) is 0 Å². The molecule has 18 heavy (non-hydrogen) atoms. The third kappa shape index (κ3) is 2.57. The fraction of sp³-hybridized carbons (Fsp3) is 0.462. The van der Waals surface area contributed by atoms with Crippen LogP contribution in [0.25, 0.3) is 6.08 Å². The first kappa shape index (κ1) is 13.1. The minimum atomic E-state index is -0.390. The van der Waals surface area contributed by atoms with E-state index in [-0.39, 0.29) is 16.6 Å². The first-order valence-electron chi connectivity index (χ1n) is 6.03. The Morgan fingerprint density at radius 3 is 2.39 bits per heavy atom. The van der Waals surface area contributed by atoms with Gasteiger partial charge in [-0.15, -0.1) is 0 Å². The summed E-state index contributed by atoms with van der Waals surface area (Å²) in [6, 6.07) is 3.01. The van der Waals surface area contributed by atoms with Gasteiger partial charge in [-0.2, -0.15) is 0 Å². The summed E-state index contributed by atoms with van der Waals surface area (Å²) in [6.07, 6.45) is 3.41. The Kier molecular flexibility index (Phi) is 3.21. The highest BCUT2D eigenvalue weighted by atomic mass is 16.7. The van der Waals surface area contributed by atoms with Crippen LogP contribution in [0.2, 0.25) is 0 Å². The molecule has 0 atom stereocenters. The van der Waals surface area contributed by atoms with Gasteiger partial charge in [0.1, 0.15) is 0 Å². The van der Waals surface area contributed by atoms with E-state index in [9.17, 15) is 4.79 Å². The van der Waals surface area contributed by atoms with Crippen molar-refractivity contribution >= 4 is 13.2 Å². The molecule has 0 unspecified atom stereocenters. The fourth-order valence-electron chi connectivity index (χ4n) is 1.71. The van der Waals surface area contributed by atoms with E-state index < -0.39 is 7.12 Å². The number of aromatic nitrogens is 1. The Morgan fingerprint density at radius 1 is 1.22 bits per heavy atom. The van der Waals surface area contributed by atoms with Crippen molar-refractivity contribution in [2.24, 2.45) is 0 Å². The van der Waals surface area contributed by atoms with Crippen LogP contribution in [0.3, 0.4) is 0 Å². The lowest BCUT2D eigenvalue weighted by atomic mass is 9.89. The van der Waals surface area contributed by atoms with Gasteiger partial charge in [-0.3, -0.25) is 4.79 Å². The number of aromatic amines is 1. The monoisotopic (exact) mass is 247 g/mol. The van der Waals surface area contributed by atoms with Gasteiger partial charge in [-0.05, 0) is 33.8 Å². The average molecular weight is 247 g/mol. The molecule has 1 aromatic heterocycles. The molecule has 1 N–H and O–H groups in total. The molecule has 96 valence electrons. The summed E-state index contributed by atoms with van der Waals surface area (Å²) in [5.41, 5.74) is 0.0256. The SMILES string of the molecule is CC1(C)OB(/C=C/c2cc(=O)cc[nH]2)OC1(C)C. The molecule has 0 aliphatic carbocycles. The van der Waals surface area contributed by atoms with Crippen molar-refractivity contribution in [2.45, 2.75) is 38.9 Å². The molecule has 2 rings (SSSR count). The lowest BCUT2D eigenvalue weighted by Crippen LogP contribution is -2.41. The Labute approximate surface area is 107 Å². The van der Waals surface area contributed by atoms with Gasteiger partial charge in [-0.1, -0.05) is 5.98 Å². The first-order valence-corrected chi connectivity index (χ1v) is 6.03. The van der Waals surface area contributed by atoms with Crippen LogP contribution in [0.1, 0.15) is 33.4 Å². The number of nitrogens with one attached hydrogen (secondary N) is 1.